The maximum absolute atomic E-state index is 2.25. The Hall–Kier alpha value is -0.780. The summed E-state index contributed by atoms with van der Waals surface area (Å²) in [5.74, 6) is 1.28. The van der Waals surface area contributed by atoms with Gasteiger partial charge in [0.2, 0.25) is 0 Å². The third-order valence-electron chi connectivity index (χ3n) is 2.24. The van der Waals surface area contributed by atoms with Crippen LogP contribution in [0.2, 0.25) is 0 Å². The molecule has 0 aliphatic heterocycles. The van der Waals surface area contributed by atoms with Gasteiger partial charge in [0.25, 0.3) is 0 Å². The summed E-state index contributed by atoms with van der Waals surface area (Å²) >= 11 is 0. The lowest BCUT2D eigenvalue weighted by Crippen LogP contribution is -1.97. The van der Waals surface area contributed by atoms with Gasteiger partial charge in [-0.05, 0) is 23.0 Å². The first-order chi connectivity index (χ1) is 8.63. The molecule has 0 heteroatoms. The van der Waals surface area contributed by atoms with E-state index in [9.17, 15) is 0 Å². The van der Waals surface area contributed by atoms with Crippen molar-refractivity contribution in [2.24, 2.45) is 0 Å². The molecule has 0 aliphatic carbocycles. The second-order valence-corrected chi connectivity index (χ2v) is 3.94. The van der Waals surface area contributed by atoms with Gasteiger partial charge in [-0.1, -0.05) is 93.5 Å². The molecule has 0 aliphatic rings. The van der Waals surface area contributed by atoms with E-state index < -0.39 is 0 Å². The lowest BCUT2D eigenvalue weighted by atomic mass is 9.91. The van der Waals surface area contributed by atoms with Gasteiger partial charge < -0.3 is 0 Å². The Bertz CT molecular complexity index is 219. The molecule has 0 saturated heterocycles. The van der Waals surface area contributed by atoms with Crippen molar-refractivity contribution in [3.63, 3.8) is 0 Å². The van der Waals surface area contributed by atoms with Crippen molar-refractivity contribution in [3.05, 3.63) is 35.4 Å². The van der Waals surface area contributed by atoms with Crippen LogP contribution in [0.3, 0.4) is 0 Å². The second-order valence-electron chi connectivity index (χ2n) is 3.94. The van der Waals surface area contributed by atoms with Crippen molar-refractivity contribution >= 4 is 0 Å². The van der Waals surface area contributed by atoms with Gasteiger partial charge in [-0.25, -0.2) is 0 Å². The van der Waals surface area contributed by atoms with Crippen LogP contribution in [0.4, 0.5) is 0 Å². The van der Waals surface area contributed by atoms with Gasteiger partial charge in [-0.2, -0.15) is 0 Å². The average Bonchev–Trinajstić information content (AvgIpc) is 2.45. The fourth-order valence-electron chi connectivity index (χ4n) is 1.56. The van der Waals surface area contributed by atoms with Gasteiger partial charge in [-0.15, -0.1) is 0 Å². The van der Waals surface area contributed by atoms with Crippen LogP contribution in [0.15, 0.2) is 24.3 Å². The Morgan fingerprint density at radius 3 is 0.944 bits per heavy atom. The quantitative estimate of drug-likeness (QED) is 0.531. The van der Waals surface area contributed by atoms with Crippen LogP contribution in [0.25, 0.3) is 0 Å². The van der Waals surface area contributed by atoms with E-state index in [4.69, 9.17) is 0 Å². The Morgan fingerprint density at radius 1 is 0.556 bits per heavy atom. The highest BCUT2D eigenvalue weighted by atomic mass is 14.1. The zero-order valence-electron chi connectivity index (χ0n) is 14.5. The third-order valence-corrected chi connectivity index (χ3v) is 2.24. The molecule has 108 valence electrons. The van der Waals surface area contributed by atoms with E-state index in [-0.39, 0.29) is 0 Å². The molecule has 0 heterocycles. The topological polar surface area (TPSA) is 0 Å². The fourth-order valence-corrected chi connectivity index (χ4v) is 1.56. The summed E-state index contributed by atoms with van der Waals surface area (Å²) in [6, 6.07) is 8.72. The maximum Gasteiger partial charge on any atom is -0.0216 e. The van der Waals surface area contributed by atoms with Crippen LogP contribution in [0.1, 0.15) is 92.2 Å². The molecule has 0 aromatic heterocycles. The molecule has 0 nitrogen and oxygen atoms in total. The molecule has 0 unspecified atom stereocenters. The van der Waals surface area contributed by atoms with Gasteiger partial charge in [-0.3, -0.25) is 0 Å². The summed E-state index contributed by atoms with van der Waals surface area (Å²) in [6.07, 6.45) is 0. The largest absolute Gasteiger partial charge is 0.0683 e. The monoisotopic (exact) mass is 252 g/mol. The molecule has 1 aromatic rings. The van der Waals surface area contributed by atoms with Crippen molar-refractivity contribution in [3.8, 4) is 0 Å². The van der Waals surface area contributed by atoms with Crippen molar-refractivity contribution in [2.75, 3.05) is 0 Å². The highest BCUT2D eigenvalue weighted by Gasteiger charge is 2.07. The molecule has 0 saturated carbocycles. The third kappa shape index (κ3) is 9.27. The number of benzene rings is 1. The van der Waals surface area contributed by atoms with Crippen molar-refractivity contribution in [1.29, 1.82) is 0 Å². The van der Waals surface area contributed by atoms with Crippen molar-refractivity contribution < 1.29 is 0 Å². The van der Waals surface area contributed by atoms with E-state index in [2.05, 4.69) is 52.0 Å². The van der Waals surface area contributed by atoms with E-state index >= 15 is 0 Å². The summed E-state index contributed by atoms with van der Waals surface area (Å²) in [4.78, 5) is 0. The summed E-state index contributed by atoms with van der Waals surface area (Å²) in [7, 11) is 0. The predicted molar refractivity (Wildman–Crippen MR) is 88.7 cm³/mol. The minimum absolute atomic E-state index is 0.642. The average molecular weight is 252 g/mol. The molecule has 0 spiro atoms. The van der Waals surface area contributed by atoms with Crippen LogP contribution in [-0.4, -0.2) is 0 Å². The SMILES string of the molecule is CC.CC.CC.CC(C)c1ccccc1C(C)C. The van der Waals surface area contributed by atoms with E-state index in [1.54, 1.807) is 0 Å². The number of hydrogen-bond acceptors (Lipinski definition) is 0. The summed E-state index contributed by atoms with van der Waals surface area (Å²) in [6.45, 7) is 21.0. The lowest BCUT2D eigenvalue weighted by Gasteiger charge is -2.14. The first-order valence-corrected chi connectivity index (χ1v) is 7.71. The number of hydrogen-bond donors (Lipinski definition) is 0. The smallest absolute Gasteiger partial charge is 0.0216 e. The van der Waals surface area contributed by atoms with Crippen molar-refractivity contribution in [2.45, 2.75) is 81.1 Å². The van der Waals surface area contributed by atoms with Gasteiger partial charge in [0, 0.05) is 0 Å². The second kappa shape index (κ2) is 16.2. The highest BCUT2D eigenvalue weighted by molar-refractivity contribution is 5.31. The van der Waals surface area contributed by atoms with Crippen molar-refractivity contribution in [1.82, 2.24) is 0 Å². The van der Waals surface area contributed by atoms with E-state index in [1.165, 1.54) is 11.1 Å². The van der Waals surface area contributed by atoms with E-state index in [1.807, 2.05) is 41.5 Å². The Balaban J connectivity index is -0.000000328. The molecule has 0 amide bonds. The summed E-state index contributed by atoms with van der Waals surface area (Å²) in [5.41, 5.74) is 2.99. The molecule has 1 rings (SSSR count). The maximum atomic E-state index is 2.25. The first-order valence-electron chi connectivity index (χ1n) is 7.71. The zero-order chi connectivity index (χ0) is 15.1. The van der Waals surface area contributed by atoms with Gasteiger partial charge in [0.15, 0.2) is 0 Å². The standard InChI is InChI=1S/C12H18.3C2H6/c1-9(2)11-7-5-6-8-12(11)10(3)4;3*1-2/h5-10H,1-4H3;3*1-2H3. The molecular weight excluding hydrogens is 216 g/mol. The molecular formula is C18H36. The Labute approximate surface area is 117 Å². The molecule has 1 aromatic carbocycles. The van der Waals surface area contributed by atoms with Crippen LogP contribution >= 0.6 is 0 Å². The number of rotatable bonds is 2. The van der Waals surface area contributed by atoms with Gasteiger partial charge in [0.05, 0.1) is 0 Å². The van der Waals surface area contributed by atoms with Crippen LogP contribution in [-0.2, 0) is 0 Å². The molecule has 18 heavy (non-hydrogen) atoms. The fraction of sp³-hybridized carbons (Fsp3) is 0.667. The molecule has 0 radical (unpaired) electrons. The molecule has 0 N–H and O–H groups in total. The highest BCUT2D eigenvalue weighted by Crippen LogP contribution is 2.25. The molecule has 0 fully saturated rings. The minimum Gasteiger partial charge on any atom is -0.0683 e. The summed E-state index contributed by atoms with van der Waals surface area (Å²) in [5, 5.41) is 0. The molecule has 0 atom stereocenters. The minimum atomic E-state index is 0.642. The summed E-state index contributed by atoms with van der Waals surface area (Å²) < 4.78 is 0. The van der Waals surface area contributed by atoms with Crippen LogP contribution < -0.4 is 0 Å². The van der Waals surface area contributed by atoms with E-state index in [0.717, 1.165) is 0 Å². The van der Waals surface area contributed by atoms with Gasteiger partial charge in [0.1, 0.15) is 0 Å². The van der Waals surface area contributed by atoms with Crippen LogP contribution in [0, 0.1) is 0 Å². The molecule has 0 bridgehead atoms. The van der Waals surface area contributed by atoms with E-state index in [0.29, 0.717) is 11.8 Å². The predicted octanol–water partition coefficient (Wildman–Crippen LogP) is 7.01. The lowest BCUT2D eigenvalue weighted by molar-refractivity contribution is 0.790. The zero-order valence-corrected chi connectivity index (χ0v) is 14.5. The normalized spacial score (nSPS) is 8.44. The Morgan fingerprint density at radius 2 is 0.778 bits per heavy atom. The van der Waals surface area contributed by atoms with Gasteiger partial charge >= 0.3 is 0 Å². The van der Waals surface area contributed by atoms with Crippen LogP contribution in [0.5, 0.6) is 0 Å². The first kappa shape index (κ1) is 22.4. The Kier molecular flexibility index (Phi) is 20.2.